The van der Waals surface area contributed by atoms with Gasteiger partial charge in [-0.1, -0.05) is 12.2 Å². The molecule has 0 aliphatic heterocycles. The van der Waals surface area contributed by atoms with Gasteiger partial charge in [-0.15, -0.1) is 11.3 Å². The first-order chi connectivity index (χ1) is 12.8. The van der Waals surface area contributed by atoms with Crippen molar-refractivity contribution in [1.29, 1.82) is 0 Å². The van der Waals surface area contributed by atoms with Crippen molar-refractivity contribution in [2.45, 2.75) is 0 Å². The minimum Gasteiger partial charge on any atom is -0.504 e. The van der Waals surface area contributed by atoms with Crippen LogP contribution >= 0.6 is 11.3 Å². The Morgan fingerprint density at radius 2 is 0.852 bits per heavy atom. The highest BCUT2D eigenvalue weighted by Gasteiger charge is 2.07. The second-order valence-corrected chi connectivity index (χ2v) is 6.87. The van der Waals surface area contributed by atoms with Gasteiger partial charge in [0.15, 0.2) is 34.5 Å². The fourth-order valence-electron chi connectivity index (χ4n) is 2.35. The molecule has 0 saturated heterocycles. The number of hydrogen-bond donors (Lipinski definition) is 6. The summed E-state index contributed by atoms with van der Waals surface area (Å²) < 4.78 is 0. The van der Waals surface area contributed by atoms with Gasteiger partial charge in [-0.25, -0.2) is 0 Å². The summed E-state index contributed by atoms with van der Waals surface area (Å²) in [6, 6.07) is 9.11. The van der Waals surface area contributed by atoms with Gasteiger partial charge in [0.1, 0.15) is 0 Å². The minimum absolute atomic E-state index is 0.398. The number of phenols is 6. The second-order valence-electron chi connectivity index (χ2n) is 5.72. The molecule has 0 aliphatic rings. The topological polar surface area (TPSA) is 121 Å². The maximum absolute atomic E-state index is 9.51. The Labute approximate surface area is 158 Å². The maximum atomic E-state index is 9.51. The summed E-state index contributed by atoms with van der Waals surface area (Å²) in [6.07, 6.45) is 6.97. The lowest BCUT2D eigenvalue weighted by molar-refractivity contribution is 0.367. The predicted molar refractivity (Wildman–Crippen MR) is 105 cm³/mol. The van der Waals surface area contributed by atoms with Crippen molar-refractivity contribution in [3.05, 3.63) is 57.3 Å². The number of thiophene rings is 1. The lowest BCUT2D eigenvalue weighted by atomic mass is 10.1. The van der Waals surface area contributed by atoms with Crippen molar-refractivity contribution in [1.82, 2.24) is 0 Å². The molecule has 6 N–H and O–H groups in total. The normalized spacial score (nSPS) is 11.6. The van der Waals surface area contributed by atoms with E-state index in [9.17, 15) is 30.6 Å². The molecule has 138 valence electrons. The van der Waals surface area contributed by atoms with Gasteiger partial charge in [0.2, 0.25) is 0 Å². The predicted octanol–water partition coefficient (Wildman–Crippen LogP) is 4.32. The molecule has 0 spiro atoms. The molecule has 3 aromatic rings. The highest BCUT2D eigenvalue weighted by molar-refractivity contribution is 7.13. The zero-order chi connectivity index (χ0) is 19.6. The van der Waals surface area contributed by atoms with Crippen LogP contribution in [0.2, 0.25) is 0 Å². The molecule has 0 radical (unpaired) electrons. The molecular formula is C20H16O6S. The van der Waals surface area contributed by atoms with Crippen LogP contribution in [0.25, 0.3) is 24.3 Å². The number of phenolic OH excluding ortho intramolecular Hbond substituents is 6. The molecule has 1 heterocycles. The molecule has 7 heteroatoms. The van der Waals surface area contributed by atoms with E-state index in [-0.39, 0.29) is 0 Å². The maximum Gasteiger partial charge on any atom is 0.200 e. The van der Waals surface area contributed by atoms with Gasteiger partial charge in [0.25, 0.3) is 0 Å². The zero-order valence-electron chi connectivity index (χ0n) is 13.9. The van der Waals surface area contributed by atoms with E-state index in [1.165, 1.54) is 35.6 Å². The molecule has 2 aromatic carbocycles. The van der Waals surface area contributed by atoms with Crippen molar-refractivity contribution < 1.29 is 30.6 Å². The Balaban J connectivity index is 1.75. The number of rotatable bonds is 4. The second kappa shape index (κ2) is 7.35. The van der Waals surface area contributed by atoms with Gasteiger partial charge >= 0.3 is 0 Å². The smallest absolute Gasteiger partial charge is 0.200 e. The van der Waals surface area contributed by atoms with Crippen LogP contribution in [0.1, 0.15) is 20.9 Å². The number of aromatic hydroxyl groups is 6. The number of hydrogen-bond acceptors (Lipinski definition) is 7. The third kappa shape index (κ3) is 4.16. The quantitative estimate of drug-likeness (QED) is 0.373. The van der Waals surface area contributed by atoms with Crippen LogP contribution in [0.15, 0.2) is 36.4 Å². The average molecular weight is 384 g/mol. The lowest BCUT2D eigenvalue weighted by Gasteiger charge is -2.02. The third-order valence-electron chi connectivity index (χ3n) is 3.71. The summed E-state index contributed by atoms with van der Waals surface area (Å²) in [7, 11) is 0. The molecule has 1 aromatic heterocycles. The summed E-state index contributed by atoms with van der Waals surface area (Å²) in [6.45, 7) is 0. The average Bonchev–Trinajstić information content (AvgIpc) is 3.08. The van der Waals surface area contributed by atoms with Gasteiger partial charge in [0, 0.05) is 9.75 Å². The Kier molecular flexibility index (Phi) is 4.96. The molecule has 0 fully saturated rings. The van der Waals surface area contributed by atoms with E-state index < -0.39 is 34.5 Å². The van der Waals surface area contributed by atoms with Gasteiger partial charge in [0.05, 0.1) is 0 Å². The highest BCUT2D eigenvalue weighted by atomic mass is 32.1. The third-order valence-corrected chi connectivity index (χ3v) is 4.73. The van der Waals surface area contributed by atoms with E-state index in [2.05, 4.69) is 0 Å². The Bertz CT molecular complexity index is 920. The monoisotopic (exact) mass is 384 g/mol. The van der Waals surface area contributed by atoms with Crippen LogP contribution in [0.5, 0.6) is 34.5 Å². The SMILES string of the molecule is Oc1cc(/C=C/c2ccc(/C=C/c3cc(O)c(O)c(O)c3)s2)cc(O)c1O. The highest BCUT2D eigenvalue weighted by Crippen LogP contribution is 2.37. The van der Waals surface area contributed by atoms with Crippen LogP contribution in [-0.4, -0.2) is 30.6 Å². The molecule has 0 amide bonds. The van der Waals surface area contributed by atoms with Crippen molar-refractivity contribution >= 4 is 35.6 Å². The van der Waals surface area contributed by atoms with E-state index >= 15 is 0 Å². The van der Waals surface area contributed by atoms with Crippen LogP contribution < -0.4 is 0 Å². The summed E-state index contributed by atoms with van der Waals surface area (Å²) in [5, 5.41) is 56.8. The van der Waals surface area contributed by atoms with Gasteiger partial charge in [-0.05, 0) is 59.7 Å². The van der Waals surface area contributed by atoms with E-state index in [0.717, 1.165) is 9.75 Å². The van der Waals surface area contributed by atoms with Gasteiger partial charge < -0.3 is 30.6 Å². The molecule has 27 heavy (non-hydrogen) atoms. The largest absolute Gasteiger partial charge is 0.504 e. The van der Waals surface area contributed by atoms with Crippen LogP contribution in [0.3, 0.4) is 0 Å². The number of benzene rings is 2. The van der Waals surface area contributed by atoms with Crippen molar-refractivity contribution in [2.24, 2.45) is 0 Å². The first kappa shape index (κ1) is 18.2. The van der Waals surface area contributed by atoms with E-state index in [4.69, 9.17) is 0 Å². The molecular weight excluding hydrogens is 368 g/mol. The van der Waals surface area contributed by atoms with Crippen molar-refractivity contribution in [3.63, 3.8) is 0 Å². The molecule has 0 saturated carbocycles. The lowest BCUT2D eigenvalue weighted by Crippen LogP contribution is -1.75. The zero-order valence-corrected chi connectivity index (χ0v) is 14.7. The Hall–Kier alpha value is -3.58. The van der Waals surface area contributed by atoms with Crippen LogP contribution in [0, 0.1) is 0 Å². The van der Waals surface area contributed by atoms with E-state index in [0.29, 0.717) is 11.1 Å². The van der Waals surface area contributed by atoms with Crippen molar-refractivity contribution in [2.75, 3.05) is 0 Å². The summed E-state index contributed by atoms with van der Waals surface area (Å²) >= 11 is 1.47. The molecule has 6 nitrogen and oxygen atoms in total. The Morgan fingerprint density at radius 3 is 1.19 bits per heavy atom. The molecule has 0 unspecified atom stereocenters. The Morgan fingerprint density at radius 1 is 0.519 bits per heavy atom. The first-order valence-corrected chi connectivity index (χ1v) is 8.61. The molecule has 0 atom stereocenters. The fourth-order valence-corrected chi connectivity index (χ4v) is 3.16. The fraction of sp³-hybridized carbons (Fsp3) is 0. The minimum atomic E-state index is -0.554. The van der Waals surface area contributed by atoms with Crippen molar-refractivity contribution in [3.8, 4) is 34.5 Å². The first-order valence-electron chi connectivity index (χ1n) is 7.79. The molecule has 0 bridgehead atoms. The standard InChI is InChI=1S/C20H16O6S/c21-15-7-11(8-16(22)19(15)25)1-3-13-5-6-14(27-13)4-2-12-9-17(23)20(26)18(24)10-12/h1-10,21-26H/b3-1+,4-2+. The molecule has 3 rings (SSSR count). The summed E-state index contributed by atoms with van der Waals surface area (Å²) in [5.74, 6) is -2.70. The van der Waals surface area contributed by atoms with E-state index in [1.807, 2.05) is 12.1 Å². The van der Waals surface area contributed by atoms with Crippen LogP contribution in [-0.2, 0) is 0 Å². The molecule has 0 aliphatic carbocycles. The van der Waals surface area contributed by atoms with E-state index in [1.54, 1.807) is 24.3 Å². The summed E-state index contributed by atoms with van der Waals surface area (Å²) in [5.41, 5.74) is 1.06. The van der Waals surface area contributed by atoms with Gasteiger partial charge in [-0.2, -0.15) is 0 Å². The van der Waals surface area contributed by atoms with Gasteiger partial charge in [-0.3, -0.25) is 0 Å². The van der Waals surface area contributed by atoms with Crippen LogP contribution in [0.4, 0.5) is 0 Å². The summed E-state index contributed by atoms with van der Waals surface area (Å²) in [4.78, 5) is 1.83.